The topological polar surface area (TPSA) is 51.1 Å². The van der Waals surface area contributed by atoms with Crippen LogP contribution in [0.3, 0.4) is 0 Å². The Morgan fingerprint density at radius 2 is 2.18 bits per heavy atom. The van der Waals surface area contributed by atoms with Gasteiger partial charge >= 0.3 is 0 Å². The quantitative estimate of drug-likeness (QED) is 0.403. The van der Waals surface area contributed by atoms with Gasteiger partial charge in [-0.3, -0.25) is 0 Å². The summed E-state index contributed by atoms with van der Waals surface area (Å²) in [7, 11) is 1.65. The normalized spacial score (nSPS) is 11.6. The Hall–Kier alpha value is -1.09. The maximum absolute atomic E-state index is 8.75. The van der Waals surface area contributed by atoms with Gasteiger partial charge in [0.1, 0.15) is 25.0 Å². The van der Waals surface area contributed by atoms with Gasteiger partial charge < -0.3 is 21.9 Å². The van der Waals surface area contributed by atoms with Crippen molar-refractivity contribution in [3.63, 3.8) is 0 Å². The molecule has 0 bridgehead atoms. The van der Waals surface area contributed by atoms with Gasteiger partial charge in [-0.25, -0.2) is 9.13 Å². The Morgan fingerprint density at radius 3 is 2.82 bits per heavy atom. The molecule has 0 radical (unpaired) electrons. The minimum Gasteiger partial charge on any atom is -1.00 e. The van der Waals surface area contributed by atoms with E-state index >= 15 is 0 Å². The van der Waals surface area contributed by atoms with Gasteiger partial charge in [-0.05, 0) is 6.92 Å². The fourth-order valence-corrected chi connectivity index (χ4v) is 1.25. The highest BCUT2D eigenvalue weighted by Crippen LogP contribution is 1.93. The first kappa shape index (κ1) is 15.9. The fourth-order valence-electron chi connectivity index (χ4n) is 1.25. The molecule has 0 N–H and O–H groups in total. The Morgan fingerprint density at radius 1 is 1.41 bits per heavy atom. The third-order valence-electron chi connectivity index (χ3n) is 2.27. The average Bonchev–Trinajstić information content (AvgIpc) is 2.76. The minimum atomic E-state index is -0.129. The maximum atomic E-state index is 8.75. The lowest BCUT2D eigenvalue weighted by Crippen LogP contribution is -3.00. The number of aromatic nitrogens is 2. The molecule has 1 rings (SSSR count). The monoisotopic (exact) mass is 259 g/mol. The first-order valence-corrected chi connectivity index (χ1v) is 5.30. The molecular weight excluding hydrogens is 242 g/mol. The molecule has 0 saturated carbocycles. The summed E-state index contributed by atoms with van der Waals surface area (Å²) in [6.07, 6.45) is 5.74. The second-order valence-corrected chi connectivity index (χ2v) is 3.51. The largest absolute Gasteiger partial charge is 1.00 e. The fraction of sp³-hybridized carbons (Fsp3) is 0.636. The molecule has 1 aromatic heterocycles. The summed E-state index contributed by atoms with van der Waals surface area (Å²) < 4.78 is 14.1. The van der Waals surface area contributed by atoms with E-state index in [-0.39, 0.29) is 18.4 Å². The van der Waals surface area contributed by atoms with Crippen LogP contribution in [-0.2, 0) is 16.0 Å². The number of ether oxygens (including phenoxy) is 2. The van der Waals surface area contributed by atoms with Gasteiger partial charge in [0.15, 0.2) is 6.04 Å². The number of nitriles is 1. The molecule has 5 nitrogen and oxygen atoms in total. The van der Waals surface area contributed by atoms with Crippen molar-refractivity contribution in [2.45, 2.75) is 19.5 Å². The average molecular weight is 260 g/mol. The molecule has 0 aliphatic carbocycles. The summed E-state index contributed by atoms with van der Waals surface area (Å²) in [5.41, 5.74) is 0. The zero-order valence-corrected chi connectivity index (χ0v) is 10.9. The van der Waals surface area contributed by atoms with E-state index in [1.54, 1.807) is 7.11 Å². The number of rotatable bonds is 7. The Balaban J connectivity index is 0.00000256. The molecule has 0 aromatic carbocycles. The third-order valence-corrected chi connectivity index (χ3v) is 2.27. The summed E-state index contributed by atoms with van der Waals surface area (Å²) >= 11 is 0. The van der Waals surface area contributed by atoms with Crippen molar-refractivity contribution in [1.29, 1.82) is 5.26 Å². The Bertz CT molecular complexity index is 349. The highest BCUT2D eigenvalue weighted by atomic mass is 35.5. The van der Waals surface area contributed by atoms with E-state index in [0.717, 1.165) is 6.54 Å². The van der Waals surface area contributed by atoms with Gasteiger partial charge in [-0.15, -0.1) is 0 Å². The summed E-state index contributed by atoms with van der Waals surface area (Å²) in [4.78, 5) is 0. The Labute approximate surface area is 108 Å². The molecule has 0 spiro atoms. The second kappa shape index (κ2) is 8.99. The van der Waals surface area contributed by atoms with Crippen LogP contribution in [0, 0.1) is 11.3 Å². The molecule has 0 fully saturated rings. The number of halogens is 1. The standard InChI is InChI=1S/C11H18N3O2.ClH/c1-11(9-12)14-4-3-13(10-14)5-6-16-8-7-15-2;/h3-4,10-11H,5-8H2,1-2H3;1H/q+1;/p-1. The van der Waals surface area contributed by atoms with Gasteiger partial charge in [0.25, 0.3) is 0 Å². The van der Waals surface area contributed by atoms with Crippen molar-refractivity contribution in [3.8, 4) is 6.07 Å². The van der Waals surface area contributed by atoms with E-state index in [1.165, 1.54) is 0 Å². The van der Waals surface area contributed by atoms with Crippen LogP contribution in [0.2, 0.25) is 0 Å². The zero-order chi connectivity index (χ0) is 11.8. The molecule has 1 aromatic rings. The zero-order valence-electron chi connectivity index (χ0n) is 10.2. The predicted molar refractivity (Wildman–Crippen MR) is 57.6 cm³/mol. The molecule has 6 heteroatoms. The molecule has 0 aliphatic heterocycles. The highest BCUT2D eigenvalue weighted by molar-refractivity contribution is 4.76. The van der Waals surface area contributed by atoms with Crippen LogP contribution in [0.5, 0.6) is 0 Å². The van der Waals surface area contributed by atoms with Crippen LogP contribution < -0.4 is 17.0 Å². The van der Waals surface area contributed by atoms with Crippen molar-refractivity contribution in [2.24, 2.45) is 0 Å². The lowest BCUT2D eigenvalue weighted by Gasteiger charge is -2.01. The van der Waals surface area contributed by atoms with Gasteiger partial charge in [-0.1, -0.05) is 0 Å². The molecule has 0 amide bonds. The molecule has 1 heterocycles. The van der Waals surface area contributed by atoms with Gasteiger partial charge in [-0.2, -0.15) is 5.26 Å². The summed E-state index contributed by atoms with van der Waals surface area (Å²) in [6.45, 7) is 4.54. The highest BCUT2D eigenvalue weighted by Gasteiger charge is 2.09. The van der Waals surface area contributed by atoms with Crippen LogP contribution in [0.25, 0.3) is 0 Å². The number of imidazole rings is 1. The van der Waals surface area contributed by atoms with E-state index in [1.807, 2.05) is 34.8 Å². The van der Waals surface area contributed by atoms with Crippen LogP contribution in [0.4, 0.5) is 0 Å². The number of methoxy groups -OCH3 is 1. The number of hydrogen-bond donors (Lipinski definition) is 0. The van der Waals surface area contributed by atoms with Crippen LogP contribution in [0.1, 0.15) is 13.0 Å². The van der Waals surface area contributed by atoms with E-state index in [0.29, 0.717) is 19.8 Å². The SMILES string of the molecule is COCCOCCn1cc[n+](C(C)C#N)c1.[Cl-]. The Kier molecular flexibility index (Phi) is 8.42. The molecule has 0 saturated heterocycles. The molecule has 1 unspecified atom stereocenters. The lowest BCUT2D eigenvalue weighted by atomic mass is 10.4. The van der Waals surface area contributed by atoms with Crippen molar-refractivity contribution in [3.05, 3.63) is 18.7 Å². The van der Waals surface area contributed by atoms with E-state index in [9.17, 15) is 0 Å². The van der Waals surface area contributed by atoms with Gasteiger partial charge in [0.05, 0.1) is 19.8 Å². The third kappa shape index (κ3) is 5.68. The molecular formula is C11H18ClN3O2. The summed E-state index contributed by atoms with van der Waals surface area (Å²) in [5, 5.41) is 8.75. The molecule has 0 aliphatic rings. The van der Waals surface area contributed by atoms with E-state index < -0.39 is 0 Å². The predicted octanol–water partition coefficient (Wildman–Crippen LogP) is -2.47. The summed E-state index contributed by atoms with van der Waals surface area (Å²) in [6, 6.07) is 2.05. The first-order chi connectivity index (χ1) is 7.77. The van der Waals surface area contributed by atoms with Crippen molar-refractivity contribution >= 4 is 0 Å². The molecule has 96 valence electrons. The molecule has 1 atom stereocenters. The van der Waals surface area contributed by atoms with Crippen molar-refractivity contribution < 1.29 is 26.4 Å². The lowest BCUT2D eigenvalue weighted by molar-refractivity contribution is -0.706. The van der Waals surface area contributed by atoms with Gasteiger partial charge in [0.2, 0.25) is 6.33 Å². The minimum absolute atomic E-state index is 0. The van der Waals surface area contributed by atoms with Crippen LogP contribution >= 0.6 is 0 Å². The van der Waals surface area contributed by atoms with Crippen molar-refractivity contribution in [1.82, 2.24) is 4.57 Å². The second-order valence-electron chi connectivity index (χ2n) is 3.51. The van der Waals surface area contributed by atoms with E-state index in [2.05, 4.69) is 6.07 Å². The first-order valence-electron chi connectivity index (χ1n) is 5.30. The smallest absolute Gasteiger partial charge is 0.244 e. The summed E-state index contributed by atoms with van der Waals surface area (Å²) in [5.74, 6) is 0. The van der Waals surface area contributed by atoms with Crippen LogP contribution in [0.15, 0.2) is 18.7 Å². The van der Waals surface area contributed by atoms with Crippen LogP contribution in [-0.4, -0.2) is 31.5 Å². The number of nitrogens with zero attached hydrogens (tertiary/aromatic N) is 3. The van der Waals surface area contributed by atoms with E-state index in [4.69, 9.17) is 14.7 Å². The number of hydrogen-bond acceptors (Lipinski definition) is 3. The molecule has 17 heavy (non-hydrogen) atoms. The maximum Gasteiger partial charge on any atom is 0.244 e. The van der Waals surface area contributed by atoms with Crippen molar-refractivity contribution in [2.75, 3.05) is 26.9 Å². The van der Waals surface area contributed by atoms with Gasteiger partial charge in [0, 0.05) is 7.11 Å².